The molecule has 0 atom stereocenters. The lowest BCUT2D eigenvalue weighted by molar-refractivity contribution is 0.0949. The first-order valence-corrected chi connectivity index (χ1v) is 7.23. The zero-order valence-corrected chi connectivity index (χ0v) is 12.6. The molecule has 0 saturated carbocycles. The molecule has 0 fully saturated rings. The Morgan fingerprint density at radius 3 is 2.78 bits per heavy atom. The Morgan fingerprint density at radius 2 is 2.09 bits per heavy atom. The van der Waals surface area contributed by atoms with Crippen LogP contribution in [0.5, 0.6) is 0 Å². The summed E-state index contributed by atoms with van der Waals surface area (Å²) in [5.74, 6) is -0.414. The fourth-order valence-corrected chi connectivity index (χ4v) is 2.30. The van der Waals surface area contributed by atoms with E-state index in [1.165, 1.54) is 6.26 Å². The largest absolute Gasteiger partial charge is 0.472 e. The second kappa shape index (κ2) is 6.36. The summed E-state index contributed by atoms with van der Waals surface area (Å²) < 4.78 is 4.93. The maximum absolute atomic E-state index is 12.2. The number of aromatic amines is 1. The van der Waals surface area contributed by atoms with Crippen LogP contribution < -0.4 is 10.9 Å². The molecule has 0 aliphatic rings. The Labute approximate surface area is 133 Å². The molecule has 0 saturated heterocycles. The molecule has 0 spiro atoms. The maximum atomic E-state index is 12.2. The molecule has 0 radical (unpaired) electrons. The molecule has 1 aromatic carbocycles. The summed E-state index contributed by atoms with van der Waals surface area (Å²) in [7, 11) is 0. The minimum absolute atomic E-state index is 0.0879. The van der Waals surface area contributed by atoms with E-state index in [9.17, 15) is 9.59 Å². The van der Waals surface area contributed by atoms with E-state index < -0.39 is 11.5 Å². The van der Waals surface area contributed by atoms with Gasteiger partial charge in [-0.3, -0.25) is 9.59 Å². The highest BCUT2D eigenvalue weighted by Crippen LogP contribution is 2.16. The Morgan fingerprint density at radius 1 is 1.22 bits per heavy atom. The number of aromatic nitrogens is 1. The Bertz CT molecular complexity index is 879. The van der Waals surface area contributed by atoms with Gasteiger partial charge in [0.2, 0.25) is 0 Å². The molecular weight excluding hydrogens is 292 g/mol. The van der Waals surface area contributed by atoms with Crippen molar-refractivity contribution in [2.24, 2.45) is 0 Å². The number of aryl methyl sites for hydroxylation is 1. The minimum Gasteiger partial charge on any atom is -0.472 e. The average molecular weight is 308 g/mol. The van der Waals surface area contributed by atoms with Crippen molar-refractivity contribution in [2.75, 3.05) is 0 Å². The number of carbonyl (C=O) groups excluding carboxylic acids is 1. The van der Waals surface area contributed by atoms with Crippen LogP contribution in [-0.2, 0) is 6.54 Å². The molecule has 5 heteroatoms. The number of benzene rings is 1. The van der Waals surface area contributed by atoms with Gasteiger partial charge < -0.3 is 14.7 Å². The highest BCUT2D eigenvalue weighted by molar-refractivity contribution is 5.94. The number of rotatable bonds is 4. The monoisotopic (exact) mass is 308 g/mol. The van der Waals surface area contributed by atoms with Crippen molar-refractivity contribution in [1.29, 1.82) is 0 Å². The van der Waals surface area contributed by atoms with Gasteiger partial charge in [0.15, 0.2) is 0 Å². The van der Waals surface area contributed by atoms with E-state index in [1.54, 1.807) is 24.5 Å². The lowest BCUT2D eigenvalue weighted by Crippen LogP contribution is -2.29. The van der Waals surface area contributed by atoms with Crippen LogP contribution in [-0.4, -0.2) is 10.9 Å². The highest BCUT2D eigenvalue weighted by Gasteiger charge is 2.11. The summed E-state index contributed by atoms with van der Waals surface area (Å²) >= 11 is 0. The van der Waals surface area contributed by atoms with E-state index in [0.717, 1.165) is 16.7 Å². The first kappa shape index (κ1) is 14.8. The van der Waals surface area contributed by atoms with Gasteiger partial charge in [0.05, 0.1) is 12.5 Å². The average Bonchev–Trinajstić information content (AvgIpc) is 3.06. The van der Waals surface area contributed by atoms with Crippen LogP contribution in [0.4, 0.5) is 0 Å². The zero-order valence-electron chi connectivity index (χ0n) is 12.6. The number of amides is 1. The molecule has 2 N–H and O–H groups in total. The molecule has 0 aliphatic carbocycles. The van der Waals surface area contributed by atoms with Gasteiger partial charge in [0.1, 0.15) is 5.56 Å². The molecule has 0 aliphatic heterocycles. The smallest absolute Gasteiger partial charge is 0.261 e. The predicted molar refractivity (Wildman–Crippen MR) is 87.1 cm³/mol. The van der Waals surface area contributed by atoms with Crippen molar-refractivity contribution in [3.8, 4) is 11.3 Å². The van der Waals surface area contributed by atoms with Crippen LogP contribution in [0.15, 0.2) is 64.2 Å². The molecule has 3 aromatic rings. The number of hydrogen-bond donors (Lipinski definition) is 2. The van der Waals surface area contributed by atoms with Crippen LogP contribution in [0.25, 0.3) is 11.3 Å². The maximum Gasteiger partial charge on any atom is 0.261 e. The van der Waals surface area contributed by atoms with Gasteiger partial charge in [-0.1, -0.05) is 23.8 Å². The summed E-state index contributed by atoms with van der Waals surface area (Å²) in [6, 6.07) is 12.8. The normalized spacial score (nSPS) is 10.5. The second-order valence-electron chi connectivity index (χ2n) is 5.30. The summed E-state index contributed by atoms with van der Waals surface area (Å²) in [6.45, 7) is 2.30. The van der Waals surface area contributed by atoms with E-state index in [-0.39, 0.29) is 5.56 Å². The van der Waals surface area contributed by atoms with Gasteiger partial charge in [-0.05, 0) is 36.8 Å². The van der Waals surface area contributed by atoms with Gasteiger partial charge in [-0.25, -0.2) is 0 Å². The van der Waals surface area contributed by atoms with Gasteiger partial charge in [-0.2, -0.15) is 0 Å². The topological polar surface area (TPSA) is 75.1 Å². The Kier molecular flexibility index (Phi) is 4.10. The van der Waals surface area contributed by atoms with Crippen molar-refractivity contribution < 1.29 is 9.21 Å². The standard InChI is InChI=1S/C18H16N2O3/c1-12-3-2-4-14(9-12)16-6-5-15(18(22)20-16)17(21)19-10-13-7-8-23-11-13/h2-9,11H,10H2,1H3,(H,19,21)(H,20,22). The van der Waals surface area contributed by atoms with Crippen molar-refractivity contribution in [3.05, 3.63) is 82.0 Å². The molecule has 0 bridgehead atoms. The fourth-order valence-electron chi connectivity index (χ4n) is 2.30. The lowest BCUT2D eigenvalue weighted by atomic mass is 10.1. The molecule has 3 rings (SSSR count). The quantitative estimate of drug-likeness (QED) is 0.778. The van der Waals surface area contributed by atoms with Crippen molar-refractivity contribution in [1.82, 2.24) is 10.3 Å². The summed E-state index contributed by atoms with van der Waals surface area (Å²) in [4.78, 5) is 27.0. The third-order valence-corrected chi connectivity index (χ3v) is 3.52. The summed E-state index contributed by atoms with van der Waals surface area (Å²) in [5.41, 5.74) is 3.22. The van der Waals surface area contributed by atoms with E-state index in [2.05, 4.69) is 10.3 Å². The molecule has 23 heavy (non-hydrogen) atoms. The Hall–Kier alpha value is -3.08. The van der Waals surface area contributed by atoms with Crippen molar-refractivity contribution >= 4 is 5.91 Å². The van der Waals surface area contributed by atoms with Crippen LogP contribution in [0.2, 0.25) is 0 Å². The van der Waals surface area contributed by atoms with E-state index in [1.807, 2.05) is 31.2 Å². The third-order valence-electron chi connectivity index (χ3n) is 3.52. The van der Waals surface area contributed by atoms with Gasteiger partial charge in [0.25, 0.3) is 11.5 Å². The van der Waals surface area contributed by atoms with E-state index in [0.29, 0.717) is 12.2 Å². The molecular formula is C18H16N2O3. The molecule has 116 valence electrons. The third kappa shape index (κ3) is 3.40. The lowest BCUT2D eigenvalue weighted by Gasteiger charge is -2.06. The summed E-state index contributed by atoms with van der Waals surface area (Å²) in [5, 5.41) is 2.69. The molecule has 1 amide bonds. The van der Waals surface area contributed by atoms with Gasteiger partial charge >= 0.3 is 0 Å². The van der Waals surface area contributed by atoms with E-state index in [4.69, 9.17) is 4.42 Å². The van der Waals surface area contributed by atoms with Crippen molar-refractivity contribution in [2.45, 2.75) is 13.5 Å². The first-order chi connectivity index (χ1) is 11.1. The number of carbonyl (C=O) groups is 1. The Balaban J connectivity index is 1.79. The van der Waals surface area contributed by atoms with Crippen molar-refractivity contribution in [3.63, 3.8) is 0 Å². The van der Waals surface area contributed by atoms with Crippen LogP contribution in [0.3, 0.4) is 0 Å². The SMILES string of the molecule is Cc1cccc(-c2ccc(C(=O)NCc3ccoc3)c(=O)[nH]2)c1. The number of pyridine rings is 1. The van der Waals surface area contributed by atoms with Crippen LogP contribution in [0.1, 0.15) is 21.5 Å². The molecule has 2 heterocycles. The fraction of sp³-hybridized carbons (Fsp3) is 0.111. The van der Waals surface area contributed by atoms with Gasteiger partial charge in [-0.15, -0.1) is 0 Å². The van der Waals surface area contributed by atoms with Crippen LogP contribution in [0, 0.1) is 6.92 Å². The first-order valence-electron chi connectivity index (χ1n) is 7.23. The molecule has 2 aromatic heterocycles. The number of furan rings is 1. The zero-order chi connectivity index (χ0) is 16.2. The van der Waals surface area contributed by atoms with E-state index >= 15 is 0 Å². The van der Waals surface area contributed by atoms with Gasteiger partial charge in [0, 0.05) is 17.8 Å². The molecule has 0 unspecified atom stereocenters. The second-order valence-corrected chi connectivity index (χ2v) is 5.30. The number of hydrogen-bond acceptors (Lipinski definition) is 3. The summed E-state index contributed by atoms with van der Waals surface area (Å²) in [6.07, 6.45) is 3.08. The predicted octanol–water partition coefficient (Wildman–Crippen LogP) is 2.87. The number of nitrogens with one attached hydrogen (secondary N) is 2. The number of H-pyrrole nitrogens is 1. The highest BCUT2D eigenvalue weighted by atomic mass is 16.3. The minimum atomic E-state index is -0.414. The van der Waals surface area contributed by atoms with Crippen LogP contribution >= 0.6 is 0 Å². The molecule has 5 nitrogen and oxygen atoms in total.